The van der Waals surface area contributed by atoms with Gasteiger partial charge in [0.05, 0.1) is 5.75 Å². The summed E-state index contributed by atoms with van der Waals surface area (Å²) in [7, 11) is 0. The fourth-order valence-corrected chi connectivity index (χ4v) is 3.70. The molecule has 0 aliphatic heterocycles. The number of nitrogens with one attached hydrogen (secondary N) is 1. The Morgan fingerprint density at radius 2 is 1.72 bits per heavy atom. The standard InChI is InChI=1S/C24H32N2O2S/c1-6-19(4)25-24(28)20(5)26(15-21-9-7-8-18(3)14-21)23(27)16-29-22-12-10-17(2)11-13-22/h7-14,19-20H,6,15-16H2,1-5H3,(H,25,28)/t19-,20-/m0/s1. The van der Waals surface area contributed by atoms with E-state index in [-0.39, 0.29) is 17.9 Å². The lowest BCUT2D eigenvalue weighted by Gasteiger charge is -2.29. The van der Waals surface area contributed by atoms with Crippen LogP contribution in [0, 0.1) is 13.8 Å². The fourth-order valence-electron chi connectivity index (χ4n) is 2.92. The zero-order valence-corrected chi connectivity index (χ0v) is 18.9. The van der Waals surface area contributed by atoms with E-state index in [1.165, 1.54) is 17.3 Å². The average molecular weight is 413 g/mol. The van der Waals surface area contributed by atoms with Crippen molar-refractivity contribution in [3.05, 3.63) is 65.2 Å². The highest BCUT2D eigenvalue weighted by molar-refractivity contribution is 8.00. The molecule has 0 aliphatic rings. The number of benzene rings is 2. The van der Waals surface area contributed by atoms with Crippen LogP contribution in [0.15, 0.2) is 53.4 Å². The molecule has 5 heteroatoms. The van der Waals surface area contributed by atoms with E-state index in [1.807, 2.05) is 77.1 Å². The van der Waals surface area contributed by atoms with Crippen molar-refractivity contribution in [1.82, 2.24) is 10.2 Å². The second-order valence-electron chi connectivity index (χ2n) is 7.61. The van der Waals surface area contributed by atoms with Crippen molar-refractivity contribution in [1.29, 1.82) is 0 Å². The van der Waals surface area contributed by atoms with Gasteiger partial charge in [0.1, 0.15) is 6.04 Å². The monoisotopic (exact) mass is 412 g/mol. The van der Waals surface area contributed by atoms with Gasteiger partial charge in [0, 0.05) is 17.5 Å². The molecule has 4 nitrogen and oxygen atoms in total. The number of hydrogen-bond donors (Lipinski definition) is 1. The zero-order valence-electron chi connectivity index (χ0n) is 18.1. The fraction of sp³-hybridized carbons (Fsp3) is 0.417. The van der Waals surface area contributed by atoms with Crippen molar-refractivity contribution < 1.29 is 9.59 Å². The first-order valence-corrected chi connectivity index (χ1v) is 11.1. The van der Waals surface area contributed by atoms with E-state index < -0.39 is 6.04 Å². The van der Waals surface area contributed by atoms with Gasteiger partial charge in [-0.3, -0.25) is 9.59 Å². The molecule has 2 aromatic rings. The van der Waals surface area contributed by atoms with Gasteiger partial charge in [-0.05, 0) is 51.8 Å². The van der Waals surface area contributed by atoms with E-state index in [4.69, 9.17) is 0 Å². The van der Waals surface area contributed by atoms with E-state index in [2.05, 4.69) is 11.4 Å². The summed E-state index contributed by atoms with van der Waals surface area (Å²) in [5.74, 6) is 0.153. The van der Waals surface area contributed by atoms with Gasteiger partial charge in [0.15, 0.2) is 0 Å². The summed E-state index contributed by atoms with van der Waals surface area (Å²) in [5, 5.41) is 3.00. The van der Waals surface area contributed by atoms with E-state index in [1.54, 1.807) is 4.90 Å². The smallest absolute Gasteiger partial charge is 0.242 e. The van der Waals surface area contributed by atoms with Crippen LogP contribution in [-0.4, -0.2) is 34.6 Å². The number of hydrogen-bond acceptors (Lipinski definition) is 3. The maximum atomic E-state index is 13.1. The van der Waals surface area contributed by atoms with Crippen LogP contribution in [0.25, 0.3) is 0 Å². The molecule has 1 N–H and O–H groups in total. The van der Waals surface area contributed by atoms with Crippen molar-refractivity contribution in [2.75, 3.05) is 5.75 Å². The highest BCUT2D eigenvalue weighted by Gasteiger charge is 2.26. The van der Waals surface area contributed by atoms with Gasteiger partial charge in [-0.2, -0.15) is 0 Å². The molecule has 0 saturated carbocycles. The van der Waals surface area contributed by atoms with Crippen LogP contribution >= 0.6 is 11.8 Å². The van der Waals surface area contributed by atoms with Crippen LogP contribution < -0.4 is 5.32 Å². The number of rotatable bonds is 9. The Morgan fingerprint density at radius 1 is 1.03 bits per heavy atom. The summed E-state index contributed by atoms with van der Waals surface area (Å²) in [6, 6.07) is 15.8. The first kappa shape index (κ1) is 23.0. The van der Waals surface area contributed by atoms with Gasteiger partial charge in [-0.25, -0.2) is 0 Å². The Kier molecular flexibility index (Phi) is 8.77. The lowest BCUT2D eigenvalue weighted by atomic mass is 10.1. The molecule has 2 aromatic carbocycles. The molecule has 0 bridgehead atoms. The molecule has 2 atom stereocenters. The summed E-state index contributed by atoms with van der Waals surface area (Å²) < 4.78 is 0. The maximum absolute atomic E-state index is 13.1. The third kappa shape index (κ3) is 7.24. The number of carbonyl (C=O) groups excluding carboxylic acids is 2. The number of thioether (sulfide) groups is 1. The van der Waals surface area contributed by atoms with Crippen LogP contribution in [0.2, 0.25) is 0 Å². The Balaban J connectivity index is 2.14. The summed E-state index contributed by atoms with van der Waals surface area (Å²) >= 11 is 1.50. The minimum absolute atomic E-state index is 0.0381. The van der Waals surface area contributed by atoms with Crippen LogP contribution in [0.5, 0.6) is 0 Å². The Bertz CT molecular complexity index is 820. The molecule has 0 fully saturated rings. The molecule has 0 unspecified atom stereocenters. The molecule has 29 heavy (non-hydrogen) atoms. The highest BCUT2D eigenvalue weighted by atomic mass is 32.2. The second kappa shape index (κ2) is 11.1. The summed E-state index contributed by atoms with van der Waals surface area (Å²) in [5.41, 5.74) is 3.36. The Labute approximate surface area is 179 Å². The van der Waals surface area contributed by atoms with Gasteiger partial charge in [0.25, 0.3) is 0 Å². The van der Waals surface area contributed by atoms with Crippen LogP contribution in [0.3, 0.4) is 0 Å². The first-order valence-electron chi connectivity index (χ1n) is 10.1. The lowest BCUT2D eigenvalue weighted by Crippen LogP contribution is -2.50. The van der Waals surface area contributed by atoms with E-state index in [9.17, 15) is 9.59 Å². The third-order valence-corrected chi connectivity index (χ3v) is 5.98. The van der Waals surface area contributed by atoms with E-state index in [0.717, 1.165) is 22.4 Å². The molecule has 0 saturated heterocycles. The molecule has 0 radical (unpaired) electrons. The molecular formula is C24H32N2O2S. The van der Waals surface area contributed by atoms with Gasteiger partial charge >= 0.3 is 0 Å². The first-order chi connectivity index (χ1) is 13.8. The molecule has 156 valence electrons. The molecule has 0 aromatic heterocycles. The predicted octanol–water partition coefficient (Wildman–Crippen LogP) is 4.73. The minimum atomic E-state index is -0.532. The molecule has 2 rings (SSSR count). The molecular weight excluding hydrogens is 380 g/mol. The Morgan fingerprint density at radius 3 is 2.34 bits per heavy atom. The molecule has 2 amide bonds. The van der Waals surface area contributed by atoms with Crippen LogP contribution in [0.4, 0.5) is 0 Å². The van der Waals surface area contributed by atoms with Gasteiger partial charge in [-0.15, -0.1) is 11.8 Å². The largest absolute Gasteiger partial charge is 0.352 e. The average Bonchev–Trinajstić information content (AvgIpc) is 2.70. The summed E-state index contributed by atoms with van der Waals surface area (Å²) in [4.78, 5) is 28.6. The lowest BCUT2D eigenvalue weighted by molar-refractivity contribution is -0.138. The number of amides is 2. The quantitative estimate of drug-likeness (QED) is 0.606. The van der Waals surface area contributed by atoms with Crippen molar-refractivity contribution in [3.8, 4) is 0 Å². The molecule has 0 heterocycles. The van der Waals surface area contributed by atoms with Crippen molar-refractivity contribution >= 4 is 23.6 Å². The van der Waals surface area contributed by atoms with Gasteiger partial charge in [-0.1, -0.05) is 54.4 Å². The van der Waals surface area contributed by atoms with Crippen molar-refractivity contribution in [2.45, 2.75) is 64.6 Å². The van der Waals surface area contributed by atoms with Crippen molar-refractivity contribution in [3.63, 3.8) is 0 Å². The number of nitrogens with zero attached hydrogens (tertiary/aromatic N) is 1. The van der Waals surface area contributed by atoms with E-state index in [0.29, 0.717) is 12.3 Å². The van der Waals surface area contributed by atoms with E-state index >= 15 is 0 Å². The maximum Gasteiger partial charge on any atom is 0.242 e. The predicted molar refractivity (Wildman–Crippen MR) is 121 cm³/mol. The number of carbonyl (C=O) groups is 2. The van der Waals surface area contributed by atoms with Gasteiger partial charge < -0.3 is 10.2 Å². The third-order valence-electron chi connectivity index (χ3n) is 4.99. The van der Waals surface area contributed by atoms with Gasteiger partial charge in [0.2, 0.25) is 11.8 Å². The SMILES string of the molecule is CC[C@H](C)NC(=O)[C@H](C)N(Cc1cccc(C)c1)C(=O)CSc1ccc(C)cc1. The summed E-state index contributed by atoms with van der Waals surface area (Å²) in [6.45, 7) is 10.3. The highest BCUT2D eigenvalue weighted by Crippen LogP contribution is 2.20. The topological polar surface area (TPSA) is 49.4 Å². The zero-order chi connectivity index (χ0) is 21.4. The van der Waals surface area contributed by atoms with Crippen LogP contribution in [0.1, 0.15) is 43.9 Å². The minimum Gasteiger partial charge on any atom is -0.352 e. The van der Waals surface area contributed by atoms with Crippen LogP contribution in [-0.2, 0) is 16.1 Å². The van der Waals surface area contributed by atoms with Crippen molar-refractivity contribution in [2.24, 2.45) is 0 Å². The molecule has 0 spiro atoms. The Hall–Kier alpha value is -2.27. The summed E-state index contributed by atoms with van der Waals surface area (Å²) in [6.07, 6.45) is 0.855. The molecule has 0 aliphatic carbocycles. The normalized spacial score (nSPS) is 12.9. The second-order valence-corrected chi connectivity index (χ2v) is 8.66. The number of aryl methyl sites for hydroxylation is 2.